The molecule has 43 heavy (non-hydrogen) atoms. The predicted molar refractivity (Wildman–Crippen MR) is 174 cm³/mol. The van der Waals surface area contributed by atoms with Gasteiger partial charge in [0.05, 0.1) is 28.1 Å². The SMILES string of the molecule is COC[C@]12CC1[C@@](C)(c1cc(B3OC(C)(C)C(C)(C)O3)ccc1F)N=C(N(COCC[Si](C)(C)C)C(=O)OC(C)(C)C)S2. The van der Waals surface area contributed by atoms with E-state index in [2.05, 4.69) is 19.6 Å². The van der Waals surface area contributed by atoms with Crippen molar-refractivity contribution in [2.24, 2.45) is 10.9 Å². The number of thioether (sulfide) groups is 1. The summed E-state index contributed by atoms with van der Waals surface area (Å²) in [5.41, 5.74) is -1.60. The number of amides is 1. The first-order valence-corrected chi connectivity index (χ1v) is 19.7. The van der Waals surface area contributed by atoms with Gasteiger partial charge in [-0.1, -0.05) is 43.5 Å². The highest BCUT2D eigenvalue weighted by Crippen LogP contribution is 2.66. The third-order valence-corrected chi connectivity index (χ3v) is 12.0. The Bertz CT molecular complexity index is 1240. The van der Waals surface area contributed by atoms with E-state index >= 15 is 4.39 Å². The van der Waals surface area contributed by atoms with Gasteiger partial charge in [0.2, 0.25) is 0 Å². The summed E-state index contributed by atoms with van der Waals surface area (Å²) in [6.07, 6.45) is 0.209. The van der Waals surface area contributed by atoms with Gasteiger partial charge in [0.1, 0.15) is 18.1 Å². The van der Waals surface area contributed by atoms with E-state index in [9.17, 15) is 4.79 Å². The van der Waals surface area contributed by atoms with Gasteiger partial charge in [-0.3, -0.25) is 4.99 Å². The molecule has 240 valence electrons. The van der Waals surface area contributed by atoms with E-state index in [0.717, 1.165) is 17.9 Å². The zero-order valence-electron chi connectivity index (χ0n) is 28.1. The monoisotopic (exact) mass is 636 g/mol. The number of nitrogens with zero attached hydrogens (tertiary/aromatic N) is 2. The lowest BCUT2D eigenvalue weighted by atomic mass is 9.75. The van der Waals surface area contributed by atoms with Crippen molar-refractivity contribution in [3.05, 3.63) is 29.6 Å². The minimum absolute atomic E-state index is 0.00846. The molecule has 0 bridgehead atoms. The molecule has 1 aromatic carbocycles. The van der Waals surface area contributed by atoms with Crippen LogP contribution in [0.3, 0.4) is 0 Å². The highest BCUT2D eigenvalue weighted by molar-refractivity contribution is 8.15. The van der Waals surface area contributed by atoms with Gasteiger partial charge in [0.15, 0.2) is 5.17 Å². The molecule has 3 atom stereocenters. The maximum absolute atomic E-state index is 15.8. The molecule has 3 aliphatic rings. The molecule has 2 heterocycles. The van der Waals surface area contributed by atoms with Crippen LogP contribution in [0.4, 0.5) is 9.18 Å². The van der Waals surface area contributed by atoms with Gasteiger partial charge in [-0.15, -0.1) is 0 Å². The largest absolute Gasteiger partial charge is 0.494 e. The van der Waals surface area contributed by atoms with Gasteiger partial charge in [-0.2, -0.15) is 0 Å². The quantitative estimate of drug-likeness (QED) is 0.176. The van der Waals surface area contributed by atoms with E-state index < -0.39 is 43.6 Å². The summed E-state index contributed by atoms with van der Waals surface area (Å²) in [5.74, 6) is -0.378. The lowest BCUT2D eigenvalue weighted by Gasteiger charge is -2.38. The molecular formula is C31H50BFN2O6SSi. The van der Waals surface area contributed by atoms with Gasteiger partial charge in [-0.25, -0.2) is 14.1 Å². The number of hydrogen-bond donors (Lipinski definition) is 0. The molecule has 1 aliphatic carbocycles. The minimum atomic E-state index is -1.34. The Hall–Kier alpha value is -1.44. The van der Waals surface area contributed by atoms with Crippen LogP contribution in [0.15, 0.2) is 23.2 Å². The fourth-order valence-electron chi connectivity index (χ4n) is 5.48. The third kappa shape index (κ3) is 7.35. The molecule has 0 spiro atoms. The van der Waals surface area contributed by atoms with Crippen molar-refractivity contribution in [3.63, 3.8) is 0 Å². The maximum atomic E-state index is 15.8. The van der Waals surface area contributed by atoms with E-state index in [4.69, 9.17) is 28.5 Å². The normalized spacial score (nSPS) is 27.9. The van der Waals surface area contributed by atoms with Gasteiger partial charge in [0.25, 0.3) is 0 Å². The highest BCUT2D eigenvalue weighted by atomic mass is 32.2. The average molecular weight is 637 g/mol. The fourth-order valence-corrected chi connectivity index (χ4v) is 7.87. The van der Waals surface area contributed by atoms with E-state index in [0.29, 0.717) is 23.9 Å². The molecule has 1 amide bonds. The molecule has 0 aromatic heterocycles. The Morgan fingerprint density at radius 3 is 2.35 bits per heavy atom. The number of carbonyl (C=O) groups excluding carboxylic acids is 1. The zero-order chi connectivity index (χ0) is 32.2. The first kappa shape index (κ1) is 34.4. The molecule has 2 aliphatic heterocycles. The summed E-state index contributed by atoms with van der Waals surface area (Å²) in [6.45, 7) is 23.2. The van der Waals surface area contributed by atoms with Crippen LogP contribution >= 0.6 is 11.8 Å². The highest BCUT2D eigenvalue weighted by Gasteiger charge is 2.67. The van der Waals surface area contributed by atoms with Crippen molar-refractivity contribution in [3.8, 4) is 0 Å². The molecule has 0 N–H and O–H groups in total. The number of hydrogen-bond acceptors (Lipinski definition) is 8. The Labute approximate surface area is 262 Å². The maximum Gasteiger partial charge on any atom is 0.494 e. The molecule has 1 aromatic rings. The standard InChI is InChI=1S/C31H50BFN2O6SSi/c1-27(2,3)39-26(36)35(20-38-15-16-43(10,11)12)25-34-30(8,24-18-31(24,42-25)19-37-9)22-17-21(13-14-23(22)33)32-40-28(4,5)29(6,7)41-32/h13-14,17,24H,15-16,18-20H2,1-12H3/t24?,30-,31-/m1/s1. The van der Waals surface area contributed by atoms with Crippen LogP contribution in [0.25, 0.3) is 0 Å². The number of ether oxygens (including phenoxy) is 3. The lowest BCUT2D eigenvalue weighted by Crippen LogP contribution is -2.46. The van der Waals surface area contributed by atoms with Crippen molar-refractivity contribution in [2.75, 3.05) is 27.1 Å². The number of benzene rings is 1. The molecule has 1 unspecified atom stereocenters. The van der Waals surface area contributed by atoms with Crippen molar-refractivity contribution in [2.45, 2.75) is 115 Å². The fraction of sp³-hybridized carbons (Fsp3) is 0.742. The van der Waals surface area contributed by atoms with Crippen LogP contribution in [0, 0.1) is 11.7 Å². The van der Waals surface area contributed by atoms with Gasteiger partial charge in [-0.05, 0) is 79.4 Å². The molecule has 0 radical (unpaired) electrons. The van der Waals surface area contributed by atoms with Crippen molar-refractivity contribution < 1.29 is 32.7 Å². The van der Waals surface area contributed by atoms with Crippen LogP contribution in [0.2, 0.25) is 25.7 Å². The van der Waals surface area contributed by atoms with Gasteiger partial charge >= 0.3 is 13.2 Å². The van der Waals surface area contributed by atoms with E-state index in [1.165, 1.54) is 22.7 Å². The van der Waals surface area contributed by atoms with Gasteiger partial charge < -0.3 is 23.5 Å². The predicted octanol–water partition coefficient (Wildman–Crippen LogP) is 6.40. The summed E-state index contributed by atoms with van der Waals surface area (Å²) in [5, 5.41) is 0.441. The van der Waals surface area contributed by atoms with Crippen LogP contribution < -0.4 is 5.46 Å². The number of fused-ring (bicyclic) bond motifs is 1. The molecule has 12 heteroatoms. The lowest BCUT2D eigenvalue weighted by molar-refractivity contribution is 0.00578. The van der Waals surface area contributed by atoms with E-state index in [1.54, 1.807) is 13.2 Å². The topological polar surface area (TPSA) is 78.8 Å². The van der Waals surface area contributed by atoms with Crippen LogP contribution in [-0.4, -0.2) is 80.0 Å². The number of aliphatic imine (C=N–C) groups is 1. The zero-order valence-corrected chi connectivity index (χ0v) is 29.9. The summed E-state index contributed by atoms with van der Waals surface area (Å²) < 4.78 is 45.6. The summed E-state index contributed by atoms with van der Waals surface area (Å²) in [7, 11) is -0.322. The Morgan fingerprint density at radius 1 is 1.16 bits per heavy atom. The summed E-state index contributed by atoms with van der Waals surface area (Å²) >= 11 is 1.50. The molecule has 1 saturated carbocycles. The van der Waals surface area contributed by atoms with E-state index in [1.807, 2.05) is 61.5 Å². The average Bonchev–Trinajstić information content (AvgIpc) is 3.51. The smallest absolute Gasteiger partial charge is 0.443 e. The number of methoxy groups -OCH3 is 1. The number of carbonyl (C=O) groups is 1. The minimum Gasteiger partial charge on any atom is -0.443 e. The Morgan fingerprint density at radius 2 is 1.79 bits per heavy atom. The summed E-state index contributed by atoms with van der Waals surface area (Å²) in [4.78, 5) is 20.2. The Balaban J connectivity index is 1.74. The first-order chi connectivity index (χ1) is 19.6. The summed E-state index contributed by atoms with van der Waals surface area (Å²) in [6, 6.07) is 5.94. The van der Waals surface area contributed by atoms with Crippen LogP contribution in [0.1, 0.15) is 67.4 Å². The van der Waals surface area contributed by atoms with Crippen LogP contribution in [-0.2, 0) is 29.1 Å². The van der Waals surface area contributed by atoms with E-state index in [-0.39, 0.29) is 23.2 Å². The van der Waals surface area contributed by atoms with Crippen molar-refractivity contribution in [1.29, 1.82) is 0 Å². The Kier molecular flexibility index (Phi) is 9.40. The first-order valence-electron chi connectivity index (χ1n) is 15.1. The molecule has 2 fully saturated rings. The second-order valence-electron chi connectivity index (χ2n) is 15.5. The van der Waals surface area contributed by atoms with Gasteiger partial charge in [0, 0.05) is 33.3 Å². The van der Waals surface area contributed by atoms with Crippen LogP contribution in [0.5, 0.6) is 0 Å². The van der Waals surface area contributed by atoms with Crippen molar-refractivity contribution in [1.82, 2.24) is 4.90 Å². The molecule has 8 nitrogen and oxygen atoms in total. The second-order valence-corrected chi connectivity index (χ2v) is 22.5. The second kappa shape index (κ2) is 11.7. The molecular weight excluding hydrogens is 586 g/mol. The molecule has 1 saturated heterocycles. The third-order valence-electron chi connectivity index (χ3n) is 8.84. The number of halogens is 1. The van der Waals surface area contributed by atoms with Crippen molar-refractivity contribution >= 4 is 43.7 Å². The molecule has 4 rings (SSSR count). The number of amidine groups is 1. The number of rotatable bonds is 9.